The maximum absolute atomic E-state index is 11.5. The van der Waals surface area contributed by atoms with Crippen LogP contribution in [0, 0.1) is 0 Å². The van der Waals surface area contributed by atoms with Crippen molar-refractivity contribution in [3.8, 4) is 0 Å². The number of phosphoric ester groups is 1. The molecule has 0 aliphatic carbocycles. The monoisotopic (exact) mass is 213 g/mol. The lowest BCUT2D eigenvalue weighted by Gasteiger charge is -2.15. The average Bonchev–Trinajstić information content (AvgIpc) is 2.02. The van der Waals surface area contributed by atoms with Gasteiger partial charge >= 0.3 is 7.82 Å². The topological polar surface area (TPSA) is 79.8 Å². The molecule has 0 heterocycles. The standard InChI is InChI=1S/C7H17O4P.H3N/c1-4-7-11-12(8,9-5-2)10-6-3;/h4-7H2,1-3H3;1H3. The molecule has 0 saturated carbocycles. The third kappa shape index (κ3) is 7.16. The normalized spacial score (nSPS) is 11.0. The lowest BCUT2D eigenvalue weighted by Crippen LogP contribution is -2.00. The van der Waals surface area contributed by atoms with Crippen LogP contribution < -0.4 is 6.15 Å². The Bertz CT molecular complexity index is 143. The maximum atomic E-state index is 11.5. The summed E-state index contributed by atoms with van der Waals surface area (Å²) in [4.78, 5) is 0. The third-order valence-corrected chi connectivity index (χ3v) is 2.68. The van der Waals surface area contributed by atoms with Crippen LogP contribution in [0.3, 0.4) is 0 Å². The van der Waals surface area contributed by atoms with Gasteiger partial charge in [0.25, 0.3) is 0 Å². The van der Waals surface area contributed by atoms with E-state index in [0.29, 0.717) is 19.8 Å². The molecule has 0 bridgehead atoms. The fourth-order valence-corrected chi connectivity index (χ4v) is 1.89. The molecule has 0 atom stereocenters. The summed E-state index contributed by atoms with van der Waals surface area (Å²) in [6.45, 7) is 6.50. The van der Waals surface area contributed by atoms with Gasteiger partial charge in [0.15, 0.2) is 0 Å². The van der Waals surface area contributed by atoms with Gasteiger partial charge in [-0.05, 0) is 20.3 Å². The van der Waals surface area contributed by atoms with E-state index in [-0.39, 0.29) is 6.15 Å². The number of hydrogen-bond acceptors (Lipinski definition) is 5. The van der Waals surface area contributed by atoms with Gasteiger partial charge in [-0.2, -0.15) is 0 Å². The Hall–Kier alpha value is 0.0700. The summed E-state index contributed by atoms with van der Waals surface area (Å²) in [7, 11) is -3.24. The second-order valence-electron chi connectivity index (χ2n) is 2.12. The van der Waals surface area contributed by atoms with Crippen molar-refractivity contribution in [2.24, 2.45) is 0 Å². The van der Waals surface area contributed by atoms with Crippen LogP contribution in [0.2, 0.25) is 0 Å². The van der Waals surface area contributed by atoms with Crippen molar-refractivity contribution in [3.63, 3.8) is 0 Å². The first-order chi connectivity index (χ1) is 5.68. The van der Waals surface area contributed by atoms with E-state index in [4.69, 9.17) is 13.6 Å². The molecule has 0 fully saturated rings. The number of hydrogen-bond donors (Lipinski definition) is 1. The first kappa shape index (κ1) is 15.5. The molecule has 0 aromatic heterocycles. The van der Waals surface area contributed by atoms with Gasteiger partial charge in [-0.1, -0.05) is 6.92 Å². The van der Waals surface area contributed by atoms with Crippen molar-refractivity contribution < 1.29 is 18.1 Å². The predicted octanol–water partition coefficient (Wildman–Crippen LogP) is 2.76. The van der Waals surface area contributed by atoms with Gasteiger partial charge in [-0.15, -0.1) is 0 Å². The van der Waals surface area contributed by atoms with E-state index in [1.165, 1.54) is 0 Å². The second kappa shape index (κ2) is 8.66. The first-order valence-electron chi connectivity index (χ1n) is 4.22. The van der Waals surface area contributed by atoms with E-state index < -0.39 is 7.82 Å². The average molecular weight is 213 g/mol. The molecule has 0 unspecified atom stereocenters. The van der Waals surface area contributed by atoms with E-state index in [9.17, 15) is 4.57 Å². The summed E-state index contributed by atoms with van der Waals surface area (Å²) in [5.41, 5.74) is 0. The smallest absolute Gasteiger partial charge is 0.344 e. The van der Waals surface area contributed by atoms with Crippen LogP contribution in [-0.2, 0) is 18.1 Å². The highest BCUT2D eigenvalue weighted by atomic mass is 31.2. The van der Waals surface area contributed by atoms with Gasteiger partial charge in [0.1, 0.15) is 0 Å². The molecule has 13 heavy (non-hydrogen) atoms. The van der Waals surface area contributed by atoms with E-state index in [2.05, 4.69) is 0 Å². The number of phosphoric acid groups is 1. The lowest BCUT2D eigenvalue weighted by atomic mass is 10.5. The molecule has 0 amide bonds. The summed E-state index contributed by atoms with van der Waals surface area (Å²) in [6, 6.07) is 0. The van der Waals surface area contributed by atoms with E-state index >= 15 is 0 Å². The minimum Gasteiger partial charge on any atom is -0.344 e. The zero-order valence-corrected chi connectivity index (χ0v) is 9.51. The zero-order valence-electron chi connectivity index (χ0n) is 8.62. The highest BCUT2D eigenvalue weighted by Gasteiger charge is 2.24. The van der Waals surface area contributed by atoms with Crippen LogP contribution >= 0.6 is 7.82 Å². The van der Waals surface area contributed by atoms with Crippen LogP contribution in [0.4, 0.5) is 0 Å². The molecular weight excluding hydrogens is 193 g/mol. The molecule has 5 nitrogen and oxygen atoms in total. The fourth-order valence-electron chi connectivity index (χ4n) is 0.631. The Labute approximate surface area is 80.0 Å². The molecule has 0 saturated heterocycles. The fraction of sp³-hybridized carbons (Fsp3) is 1.00. The maximum Gasteiger partial charge on any atom is 0.474 e. The molecule has 0 spiro atoms. The quantitative estimate of drug-likeness (QED) is 0.657. The summed E-state index contributed by atoms with van der Waals surface area (Å²) in [6.07, 6.45) is 0.796. The Balaban J connectivity index is 0. The molecule has 0 radical (unpaired) electrons. The van der Waals surface area contributed by atoms with Gasteiger partial charge in [-0.3, -0.25) is 13.6 Å². The van der Waals surface area contributed by atoms with Crippen molar-refractivity contribution in [1.29, 1.82) is 0 Å². The molecule has 0 aromatic carbocycles. The zero-order chi connectivity index (χ0) is 9.45. The van der Waals surface area contributed by atoms with E-state index in [1.54, 1.807) is 13.8 Å². The van der Waals surface area contributed by atoms with Crippen molar-refractivity contribution in [1.82, 2.24) is 6.15 Å². The van der Waals surface area contributed by atoms with Crippen molar-refractivity contribution in [3.05, 3.63) is 0 Å². The van der Waals surface area contributed by atoms with Crippen molar-refractivity contribution in [2.75, 3.05) is 19.8 Å². The Morgan fingerprint density at radius 2 is 1.46 bits per heavy atom. The number of rotatable bonds is 7. The molecule has 0 aliphatic heterocycles. The highest BCUT2D eigenvalue weighted by molar-refractivity contribution is 7.48. The van der Waals surface area contributed by atoms with Gasteiger partial charge in [0, 0.05) is 0 Å². The van der Waals surface area contributed by atoms with Crippen LogP contribution in [0.15, 0.2) is 0 Å². The molecule has 6 heteroatoms. The Morgan fingerprint density at radius 3 is 1.77 bits per heavy atom. The lowest BCUT2D eigenvalue weighted by molar-refractivity contribution is 0.122. The van der Waals surface area contributed by atoms with E-state index in [1.807, 2.05) is 6.92 Å². The molecule has 82 valence electrons. The Morgan fingerprint density at radius 1 is 1.00 bits per heavy atom. The molecule has 0 aliphatic rings. The van der Waals surface area contributed by atoms with Gasteiger partial charge in [0.2, 0.25) is 0 Å². The summed E-state index contributed by atoms with van der Waals surface area (Å²) < 4.78 is 26.2. The molecule has 0 rings (SSSR count). The largest absolute Gasteiger partial charge is 0.474 e. The van der Waals surface area contributed by atoms with Gasteiger partial charge in [0.05, 0.1) is 19.8 Å². The van der Waals surface area contributed by atoms with Crippen LogP contribution in [0.25, 0.3) is 0 Å². The van der Waals surface area contributed by atoms with E-state index in [0.717, 1.165) is 6.42 Å². The highest BCUT2D eigenvalue weighted by Crippen LogP contribution is 2.49. The summed E-state index contributed by atoms with van der Waals surface area (Å²) in [5.74, 6) is 0. The SMILES string of the molecule is CCCOP(=O)(OCC)OCC.N. The molecule has 0 aromatic rings. The van der Waals surface area contributed by atoms with Gasteiger partial charge in [-0.25, -0.2) is 4.57 Å². The second-order valence-corrected chi connectivity index (χ2v) is 3.79. The predicted molar refractivity (Wildman–Crippen MR) is 52.1 cm³/mol. The van der Waals surface area contributed by atoms with Crippen LogP contribution in [0.1, 0.15) is 27.2 Å². The summed E-state index contributed by atoms with van der Waals surface area (Å²) >= 11 is 0. The first-order valence-corrected chi connectivity index (χ1v) is 5.68. The van der Waals surface area contributed by atoms with Crippen LogP contribution in [0.5, 0.6) is 0 Å². The Kier molecular flexibility index (Phi) is 10.3. The minimum atomic E-state index is -3.24. The molecular formula is C7H20NO4P. The molecule has 3 N–H and O–H groups in total. The minimum absolute atomic E-state index is 0. The van der Waals surface area contributed by atoms with Crippen molar-refractivity contribution >= 4 is 7.82 Å². The third-order valence-electron chi connectivity index (χ3n) is 1.03. The van der Waals surface area contributed by atoms with Crippen molar-refractivity contribution in [2.45, 2.75) is 27.2 Å². The van der Waals surface area contributed by atoms with Gasteiger partial charge < -0.3 is 6.15 Å². The van der Waals surface area contributed by atoms with Crippen LogP contribution in [-0.4, -0.2) is 19.8 Å². The summed E-state index contributed by atoms with van der Waals surface area (Å²) in [5, 5.41) is 0.